The van der Waals surface area contributed by atoms with Gasteiger partial charge in [-0.2, -0.15) is 0 Å². The Labute approximate surface area is 120 Å². The quantitative estimate of drug-likeness (QED) is 0.862. The first kappa shape index (κ1) is 13.4. The van der Waals surface area contributed by atoms with Crippen molar-refractivity contribution in [2.24, 2.45) is 5.92 Å². The summed E-state index contributed by atoms with van der Waals surface area (Å²) in [6.45, 7) is 6.14. The van der Waals surface area contributed by atoms with Crippen LogP contribution in [-0.4, -0.2) is 30.7 Å². The van der Waals surface area contributed by atoms with Gasteiger partial charge < -0.3 is 15.5 Å². The molecule has 1 aromatic rings. The van der Waals surface area contributed by atoms with Gasteiger partial charge in [0, 0.05) is 5.69 Å². The second-order valence-electron chi connectivity index (χ2n) is 6.15. The van der Waals surface area contributed by atoms with Gasteiger partial charge in [0.05, 0.1) is 0 Å². The summed E-state index contributed by atoms with van der Waals surface area (Å²) in [5.41, 5.74) is 0.771. The molecule has 4 heteroatoms. The van der Waals surface area contributed by atoms with Crippen molar-refractivity contribution in [1.29, 1.82) is 0 Å². The molecule has 4 nitrogen and oxygen atoms in total. The first-order valence-corrected chi connectivity index (χ1v) is 7.51. The smallest absolute Gasteiger partial charge is 0.247 e. The number of hydrogen-bond acceptors (Lipinski definition) is 3. The number of carbonyl (C=O) groups is 1. The van der Waals surface area contributed by atoms with Gasteiger partial charge >= 0.3 is 0 Å². The maximum Gasteiger partial charge on any atom is 0.247 e. The van der Waals surface area contributed by atoms with Gasteiger partial charge in [-0.3, -0.25) is 4.79 Å². The van der Waals surface area contributed by atoms with Crippen LogP contribution in [0.4, 0.5) is 5.69 Å². The third kappa shape index (κ3) is 1.99. The largest absolute Gasteiger partial charge is 0.336 e. The second kappa shape index (κ2) is 5.09. The molecule has 1 atom stereocenters. The van der Waals surface area contributed by atoms with E-state index in [1.807, 2.05) is 18.2 Å². The molecule has 0 radical (unpaired) electrons. The monoisotopic (exact) mass is 273 g/mol. The molecule has 2 N–H and O–H groups in total. The Kier molecular flexibility index (Phi) is 3.42. The van der Waals surface area contributed by atoms with Crippen LogP contribution >= 0.6 is 0 Å². The normalized spacial score (nSPS) is 25.2. The van der Waals surface area contributed by atoms with Gasteiger partial charge in [0.2, 0.25) is 5.91 Å². The zero-order valence-electron chi connectivity index (χ0n) is 12.2. The van der Waals surface area contributed by atoms with E-state index in [2.05, 4.69) is 41.5 Å². The van der Waals surface area contributed by atoms with E-state index in [-0.39, 0.29) is 17.6 Å². The molecule has 1 unspecified atom stereocenters. The van der Waals surface area contributed by atoms with Crippen molar-refractivity contribution in [2.75, 3.05) is 18.0 Å². The Morgan fingerprint density at radius 3 is 2.45 bits per heavy atom. The molecule has 2 heterocycles. The molecule has 20 heavy (non-hydrogen) atoms. The molecule has 3 rings (SSSR count). The first-order valence-electron chi connectivity index (χ1n) is 7.51. The molecule has 1 spiro atoms. The van der Waals surface area contributed by atoms with Gasteiger partial charge in [0.15, 0.2) is 0 Å². The number of amides is 1. The van der Waals surface area contributed by atoms with E-state index in [1.54, 1.807) is 0 Å². The van der Waals surface area contributed by atoms with Crippen LogP contribution in [-0.2, 0) is 4.79 Å². The molecule has 2 aliphatic rings. The maximum atomic E-state index is 12.7. The Morgan fingerprint density at radius 1 is 1.20 bits per heavy atom. The summed E-state index contributed by atoms with van der Waals surface area (Å²) in [7, 11) is 0. The number of rotatable bonds is 2. The lowest BCUT2D eigenvalue weighted by Crippen LogP contribution is -2.57. The predicted octanol–water partition coefficient (Wildman–Crippen LogP) is 1.73. The summed E-state index contributed by atoms with van der Waals surface area (Å²) in [5.74, 6) is 0.579. The SMILES string of the molecule is CC(C)C1NC(=O)C2(CCNCC2)N1c1ccccc1. The number of piperidine rings is 1. The van der Waals surface area contributed by atoms with Gasteiger partial charge in [-0.25, -0.2) is 0 Å². The zero-order valence-corrected chi connectivity index (χ0v) is 12.2. The minimum absolute atomic E-state index is 0.0861. The summed E-state index contributed by atoms with van der Waals surface area (Å²) in [5, 5.41) is 6.59. The average Bonchev–Trinajstić information content (AvgIpc) is 2.74. The molecule has 108 valence electrons. The Hall–Kier alpha value is -1.55. The number of carbonyl (C=O) groups excluding carboxylic acids is 1. The summed E-state index contributed by atoms with van der Waals surface area (Å²) in [4.78, 5) is 15.0. The number of benzene rings is 1. The molecule has 0 saturated carbocycles. The van der Waals surface area contributed by atoms with E-state index in [0.717, 1.165) is 31.6 Å². The highest BCUT2D eigenvalue weighted by Gasteiger charge is 2.53. The maximum absolute atomic E-state index is 12.7. The van der Waals surface area contributed by atoms with Crippen molar-refractivity contribution in [3.05, 3.63) is 30.3 Å². The van der Waals surface area contributed by atoms with E-state index < -0.39 is 0 Å². The summed E-state index contributed by atoms with van der Waals surface area (Å²) < 4.78 is 0. The van der Waals surface area contributed by atoms with E-state index in [1.165, 1.54) is 0 Å². The van der Waals surface area contributed by atoms with Crippen LogP contribution in [0.25, 0.3) is 0 Å². The predicted molar refractivity (Wildman–Crippen MR) is 80.5 cm³/mol. The lowest BCUT2D eigenvalue weighted by atomic mass is 9.86. The fraction of sp³-hybridized carbons (Fsp3) is 0.562. The molecule has 2 fully saturated rings. The molecule has 0 aromatic heterocycles. The van der Waals surface area contributed by atoms with Crippen LogP contribution in [0.15, 0.2) is 30.3 Å². The molecule has 2 saturated heterocycles. The van der Waals surface area contributed by atoms with Crippen LogP contribution in [0.3, 0.4) is 0 Å². The number of anilines is 1. The highest BCUT2D eigenvalue weighted by atomic mass is 16.2. The van der Waals surface area contributed by atoms with Gasteiger partial charge in [0.25, 0.3) is 0 Å². The number of hydrogen-bond donors (Lipinski definition) is 2. The van der Waals surface area contributed by atoms with Crippen LogP contribution in [0.5, 0.6) is 0 Å². The zero-order chi connectivity index (χ0) is 14.2. The molecule has 2 aliphatic heterocycles. The van der Waals surface area contributed by atoms with E-state index in [0.29, 0.717) is 5.92 Å². The molecule has 1 aromatic carbocycles. The minimum atomic E-state index is -0.373. The second-order valence-corrected chi connectivity index (χ2v) is 6.15. The minimum Gasteiger partial charge on any atom is -0.336 e. The molecule has 0 bridgehead atoms. The van der Waals surface area contributed by atoms with Crippen LogP contribution < -0.4 is 15.5 Å². The highest BCUT2D eigenvalue weighted by molar-refractivity contribution is 5.94. The lowest BCUT2D eigenvalue weighted by molar-refractivity contribution is -0.124. The standard InChI is InChI=1S/C16H23N3O/c1-12(2)14-18-15(20)16(8-10-17-11-9-16)19(14)13-6-4-3-5-7-13/h3-7,12,14,17H,8-11H2,1-2H3,(H,18,20). The third-order valence-electron chi connectivity index (χ3n) is 4.54. The van der Waals surface area contributed by atoms with Crippen LogP contribution in [0, 0.1) is 5.92 Å². The first-order chi connectivity index (χ1) is 9.65. The molecule has 0 aliphatic carbocycles. The molecular formula is C16H23N3O. The highest BCUT2D eigenvalue weighted by Crippen LogP contribution is 2.38. The van der Waals surface area contributed by atoms with Gasteiger partial charge in [-0.15, -0.1) is 0 Å². The van der Waals surface area contributed by atoms with Gasteiger partial charge in [-0.05, 0) is 44.0 Å². The fourth-order valence-electron chi connectivity index (χ4n) is 3.48. The van der Waals surface area contributed by atoms with Crippen molar-refractivity contribution in [3.63, 3.8) is 0 Å². The Balaban J connectivity index is 2.04. The van der Waals surface area contributed by atoms with E-state index in [4.69, 9.17) is 0 Å². The van der Waals surface area contributed by atoms with Crippen molar-refractivity contribution < 1.29 is 4.79 Å². The van der Waals surface area contributed by atoms with Gasteiger partial charge in [-0.1, -0.05) is 32.0 Å². The summed E-state index contributed by atoms with van der Waals surface area (Å²) in [6, 6.07) is 10.3. The Bertz CT molecular complexity index is 480. The fourth-order valence-corrected chi connectivity index (χ4v) is 3.48. The molecule has 1 amide bonds. The van der Waals surface area contributed by atoms with Crippen molar-refractivity contribution in [1.82, 2.24) is 10.6 Å². The van der Waals surface area contributed by atoms with Crippen molar-refractivity contribution >= 4 is 11.6 Å². The van der Waals surface area contributed by atoms with E-state index >= 15 is 0 Å². The number of para-hydroxylation sites is 1. The Morgan fingerprint density at radius 2 is 1.85 bits per heavy atom. The summed E-state index contributed by atoms with van der Waals surface area (Å²) in [6.07, 6.45) is 1.83. The third-order valence-corrected chi connectivity index (χ3v) is 4.54. The van der Waals surface area contributed by atoms with Crippen LogP contribution in [0.1, 0.15) is 26.7 Å². The van der Waals surface area contributed by atoms with Crippen molar-refractivity contribution in [3.8, 4) is 0 Å². The van der Waals surface area contributed by atoms with Crippen molar-refractivity contribution in [2.45, 2.75) is 38.4 Å². The van der Waals surface area contributed by atoms with Gasteiger partial charge in [0.1, 0.15) is 11.7 Å². The number of nitrogens with one attached hydrogen (secondary N) is 2. The summed E-state index contributed by atoms with van der Waals surface area (Å²) >= 11 is 0. The van der Waals surface area contributed by atoms with Crippen LogP contribution in [0.2, 0.25) is 0 Å². The van der Waals surface area contributed by atoms with E-state index in [9.17, 15) is 4.79 Å². The topological polar surface area (TPSA) is 44.4 Å². The lowest BCUT2D eigenvalue weighted by Gasteiger charge is -2.43. The number of nitrogens with zero attached hydrogens (tertiary/aromatic N) is 1. The average molecular weight is 273 g/mol. The molecular weight excluding hydrogens is 250 g/mol.